The van der Waals surface area contributed by atoms with Crippen LogP contribution in [0.2, 0.25) is 0 Å². The Balaban J connectivity index is 1.50. The van der Waals surface area contributed by atoms with E-state index in [4.69, 9.17) is 4.74 Å². The van der Waals surface area contributed by atoms with Crippen LogP contribution in [0.15, 0.2) is 23.8 Å². The number of esters is 1. The first-order valence-electron chi connectivity index (χ1n) is 13.6. The first-order valence-corrected chi connectivity index (χ1v) is 13.6. The summed E-state index contributed by atoms with van der Waals surface area (Å²) in [4.78, 5) is 11.5. The zero-order valence-corrected chi connectivity index (χ0v) is 21.8. The number of rotatable bonds is 5. The van der Waals surface area contributed by atoms with Crippen LogP contribution in [0.5, 0.6) is 0 Å². The van der Waals surface area contributed by atoms with Crippen LogP contribution >= 0.6 is 0 Å². The molecule has 0 aliphatic heterocycles. The van der Waals surface area contributed by atoms with E-state index >= 15 is 0 Å². The lowest BCUT2D eigenvalue weighted by atomic mass is 9.47. The number of carbonyl (C=O) groups excluding carboxylic acids is 1. The summed E-state index contributed by atoms with van der Waals surface area (Å²) in [6, 6.07) is 0. The minimum absolute atomic E-state index is 0.106. The highest BCUT2D eigenvalue weighted by molar-refractivity contribution is 5.66. The van der Waals surface area contributed by atoms with Gasteiger partial charge in [-0.1, -0.05) is 65.3 Å². The Labute approximate surface area is 197 Å². The third-order valence-corrected chi connectivity index (χ3v) is 10.9. The van der Waals surface area contributed by atoms with E-state index in [9.17, 15) is 4.79 Å². The molecule has 4 aliphatic rings. The van der Waals surface area contributed by atoms with Gasteiger partial charge in [0.25, 0.3) is 0 Å². The second kappa shape index (κ2) is 8.95. The Morgan fingerprint density at radius 3 is 2.47 bits per heavy atom. The summed E-state index contributed by atoms with van der Waals surface area (Å²) in [5, 5.41) is 0. The zero-order chi connectivity index (χ0) is 23.3. The fourth-order valence-electron chi connectivity index (χ4n) is 8.57. The van der Waals surface area contributed by atoms with E-state index in [-0.39, 0.29) is 12.1 Å². The van der Waals surface area contributed by atoms with E-state index in [2.05, 4.69) is 59.8 Å². The first-order chi connectivity index (χ1) is 15.1. The lowest BCUT2D eigenvalue weighted by Gasteiger charge is -2.58. The first kappa shape index (κ1) is 24.1. The van der Waals surface area contributed by atoms with Crippen molar-refractivity contribution in [1.29, 1.82) is 0 Å². The molecule has 0 aromatic carbocycles. The van der Waals surface area contributed by atoms with Crippen LogP contribution < -0.4 is 0 Å². The molecule has 0 unspecified atom stereocenters. The molecule has 0 aromatic heterocycles. The maximum absolute atomic E-state index is 11.5. The number of hydrogen-bond donors (Lipinski definition) is 0. The van der Waals surface area contributed by atoms with E-state index < -0.39 is 0 Å². The van der Waals surface area contributed by atoms with Crippen molar-refractivity contribution in [2.75, 3.05) is 0 Å². The molecule has 180 valence electrons. The van der Waals surface area contributed by atoms with Crippen molar-refractivity contribution in [2.24, 2.45) is 52.3 Å². The third kappa shape index (κ3) is 4.14. The molecule has 2 nitrogen and oxygen atoms in total. The monoisotopic (exact) mass is 440 g/mol. The molecule has 4 rings (SSSR count). The summed E-state index contributed by atoms with van der Waals surface area (Å²) in [6.07, 6.45) is 17.8. The fourth-order valence-corrected chi connectivity index (χ4v) is 8.57. The molecule has 9 atom stereocenters. The van der Waals surface area contributed by atoms with Gasteiger partial charge in [0, 0.05) is 13.3 Å². The molecule has 2 heteroatoms. The molecule has 0 amide bonds. The van der Waals surface area contributed by atoms with Gasteiger partial charge in [0.05, 0.1) is 0 Å². The zero-order valence-electron chi connectivity index (χ0n) is 21.8. The molecule has 0 radical (unpaired) electrons. The molecule has 4 aliphatic carbocycles. The van der Waals surface area contributed by atoms with Crippen molar-refractivity contribution in [3.63, 3.8) is 0 Å². The molecule has 0 spiro atoms. The van der Waals surface area contributed by atoms with Gasteiger partial charge in [0.1, 0.15) is 6.10 Å². The summed E-state index contributed by atoms with van der Waals surface area (Å²) in [6.45, 7) is 16.3. The summed E-state index contributed by atoms with van der Waals surface area (Å²) in [7, 11) is 0. The molecule has 0 N–H and O–H groups in total. The molecule has 32 heavy (non-hydrogen) atoms. The quantitative estimate of drug-likeness (QED) is 0.320. The topological polar surface area (TPSA) is 26.3 Å². The molecule has 3 saturated carbocycles. The van der Waals surface area contributed by atoms with Gasteiger partial charge in [-0.3, -0.25) is 4.79 Å². The summed E-state index contributed by atoms with van der Waals surface area (Å²) >= 11 is 0. The van der Waals surface area contributed by atoms with Gasteiger partial charge in [-0.05, 0) is 97.2 Å². The molecule has 0 bridgehead atoms. The Bertz CT molecular complexity index is 763. The van der Waals surface area contributed by atoms with Gasteiger partial charge < -0.3 is 4.74 Å². The normalized spacial score (nSPS) is 43.2. The third-order valence-electron chi connectivity index (χ3n) is 10.9. The van der Waals surface area contributed by atoms with Crippen molar-refractivity contribution in [3.8, 4) is 0 Å². The number of ether oxygens (including phenoxy) is 1. The minimum atomic E-state index is -0.121. The summed E-state index contributed by atoms with van der Waals surface area (Å²) in [5.41, 5.74) is 2.44. The van der Waals surface area contributed by atoms with Gasteiger partial charge in [-0.15, -0.1) is 0 Å². The van der Waals surface area contributed by atoms with E-state index in [1.54, 1.807) is 12.5 Å². The van der Waals surface area contributed by atoms with Crippen LogP contribution in [0.25, 0.3) is 0 Å². The maximum Gasteiger partial charge on any atom is 0.302 e. The molecular formula is C30H48O2. The van der Waals surface area contributed by atoms with Gasteiger partial charge in [0.2, 0.25) is 0 Å². The lowest BCUT2D eigenvalue weighted by Crippen LogP contribution is -2.51. The van der Waals surface area contributed by atoms with Gasteiger partial charge in [-0.2, -0.15) is 0 Å². The number of hydrogen-bond acceptors (Lipinski definition) is 2. The van der Waals surface area contributed by atoms with Crippen LogP contribution in [0.4, 0.5) is 0 Å². The van der Waals surface area contributed by atoms with Crippen LogP contribution in [-0.2, 0) is 9.53 Å². The largest absolute Gasteiger partial charge is 0.462 e. The Kier molecular flexibility index (Phi) is 6.74. The molecule has 3 fully saturated rings. The number of allylic oxidation sites excluding steroid dienone is 3. The number of fused-ring (bicyclic) bond motifs is 5. The molecule has 0 saturated heterocycles. The van der Waals surface area contributed by atoms with Crippen molar-refractivity contribution >= 4 is 5.97 Å². The molecular weight excluding hydrogens is 392 g/mol. The van der Waals surface area contributed by atoms with E-state index in [1.807, 2.05) is 0 Å². The highest BCUT2D eigenvalue weighted by atomic mass is 16.5. The van der Waals surface area contributed by atoms with Crippen LogP contribution in [-0.4, -0.2) is 12.1 Å². The summed E-state index contributed by atoms with van der Waals surface area (Å²) < 4.78 is 5.62. The Morgan fingerprint density at radius 2 is 1.78 bits per heavy atom. The highest BCUT2D eigenvalue weighted by Gasteiger charge is 2.59. The van der Waals surface area contributed by atoms with Crippen LogP contribution in [0.3, 0.4) is 0 Å². The van der Waals surface area contributed by atoms with Gasteiger partial charge >= 0.3 is 5.97 Å². The highest BCUT2D eigenvalue weighted by Crippen LogP contribution is 2.67. The Morgan fingerprint density at radius 1 is 1.03 bits per heavy atom. The standard InChI is InChI=1S/C30H48O2/c1-19(2)20(3)8-9-21(4)26-12-13-27-25-11-10-23-18-24(32-22(5)31)14-16-29(23,6)28(25)15-17-30(26,27)7/h8-10,19-21,24-28H,11-18H2,1-7H3/b9-8+/t20-,21-,24-,25+,26+,27+,28+,29-,30+/m0/s1. The Hall–Kier alpha value is -1.05. The molecule has 0 heterocycles. The summed E-state index contributed by atoms with van der Waals surface area (Å²) in [5.74, 6) is 5.35. The van der Waals surface area contributed by atoms with Crippen molar-refractivity contribution in [3.05, 3.63) is 23.8 Å². The predicted molar refractivity (Wildman–Crippen MR) is 133 cm³/mol. The van der Waals surface area contributed by atoms with Crippen molar-refractivity contribution in [1.82, 2.24) is 0 Å². The van der Waals surface area contributed by atoms with E-state index in [1.165, 1.54) is 38.5 Å². The van der Waals surface area contributed by atoms with E-state index in [0.717, 1.165) is 42.4 Å². The van der Waals surface area contributed by atoms with Gasteiger partial charge in [0.15, 0.2) is 0 Å². The maximum atomic E-state index is 11.5. The average Bonchev–Trinajstić information content (AvgIpc) is 3.08. The van der Waals surface area contributed by atoms with Crippen molar-refractivity contribution in [2.45, 2.75) is 106 Å². The second-order valence-corrected chi connectivity index (χ2v) is 12.8. The van der Waals surface area contributed by atoms with Crippen LogP contribution in [0, 0.1) is 52.3 Å². The van der Waals surface area contributed by atoms with Gasteiger partial charge in [-0.25, -0.2) is 0 Å². The lowest BCUT2D eigenvalue weighted by molar-refractivity contribution is -0.148. The van der Waals surface area contributed by atoms with Crippen LogP contribution in [0.1, 0.15) is 99.8 Å². The van der Waals surface area contributed by atoms with E-state index in [0.29, 0.717) is 22.7 Å². The second-order valence-electron chi connectivity index (χ2n) is 12.8. The molecule has 0 aromatic rings. The smallest absolute Gasteiger partial charge is 0.302 e. The predicted octanol–water partition coefficient (Wildman–Crippen LogP) is 7.98. The fraction of sp³-hybridized carbons (Fsp3) is 0.833. The average molecular weight is 441 g/mol. The SMILES string of the molecule is CC(=O)O[C@H]1CC[C@@]2(C)C(=CC[C@@H]3[C@H]4CC[C@H]([C@@H](C)/C=C/[C@H](C)C(C)C)[C@@]4(C)CC[C@H]32)C1. The number of carbonyl (C=O) groups is 1. The van der Waals surface area contributed by atoms with Crippen molar-refractivity contribution < 1.29 is 9.53 Å². The minimum Gasteiger partial charge on any atom is -0.462 e.